The highest BCUT2D eigenvalue weighted by molar-refractivity contribution is 5.25. The zero-order valence-electron chi connectivity index (χ0n) is 11.3. The lowest BCUT2D eigenvalue weighted by Crippen LogP contribution is -2.18. The lowest BCUT2D eigenvalue weighted by atomic mass is 10.1. The lowest BCUT2D eigenvalue weighted by Gasteiger charge is -2.16. The number of halogens is 3. The van der Waals surface area contributed by atoms with Gasteiger partial charge in [0.2, 0.25) is 0 Å². The van der Waals surface area contributed by atoms with Crippen molar-refractivity contribution in [1.29, 1.82) is 0 Å². The number of aromatic amines is 1. The number of H-pyrrole nitrogens is 1. The molecule has 2 rings (SSSR count). The van der Waals surface area contributed by atoms with Crippen LogP contribution in [-0.4, -0.2) is 21.9 Å². The van der Waals surface area contributed by atoms with Gasteiger partial charge in [0.15, 0.2) is 0 Å². The number of benzene rings is 1. The summed E-state index contributed by atoms with van der Waals surface area (Å²) >= 11 is 0. The highest BCUT2D eigenvalue weighted by atomic mass is 19.4. The van der Waals surface area contributed by atoms with Crippen LogP contribution in [-0.2, 0) is 19.3 Å². The maximum Gasteiger partial charge on any atom is 0.416 e. The van der Waals surface area contributed by atoms with E-state index >= 15 is 0 Å². The minimum Gasteiger partial charge on any atom is -0.345 e. The van der Waals surface area contributed by atoms with Crippen LogP contribution in [0.15, 0.2) is 30.5 Å². The highest BCUT2D eigenvalue weighted by Crippen LogP contribution is 2.29. The monoisotopic (exact) mass is 283 g/mol. The number of aryl methyl sites for hydroxylation is 1. The number of alkyl halides is 3. The molecule has 0 bridgehead atoms. The Morgan fingerprint density at radius 3 is 2.60 bits per heavy atom. The topological polar surface area (TPSA) is 31.9 Å². The van der Waals surface area contributed by atoms with Gasteiger partial charge in [-0.05, 0) is 25.6 Å². The van der Waals surface area contributed by atoms with Gasteiger partial charge < -0.3 is 4.98 Å². The molecule has 0 saturated heterocycles. The average Bonchev–Trinajstić information content (AvgIpc) is 2.73. The quantitative estimate of drug-likeness (QED) is 0.933. The average molecular weight is 283 g/mol. The molecule has 6 heteroatoms. The minimum atomic E-state index is -4.30. The third-order valence-electron chi connectivity index (χ3n) is 2.88. The van der Waals surface area contributed by atoms with Gasteiger partial charge in [0, 0.05) is 18.4 Å². The van der Waals surface area contributed by atoms with Crippen LogP contribution in [0.2, 0.25) is 0 Å². The summed E-state index contributed by atoms with van der Waals surface area (Å²) in [5, 5.41) is 0. The molecule has 0 unspecified atom stereocenters. The molecule has 1 aromatic carbocycles. The van der Waals surface area contributed by atoms with Gasteiger partial charge in [0.1, 0.15) is 5.82 Å². The van der Waals surface area contributed by atoms with Crippen molar-refractivity contribution in [3.63, 3.8) is 0 Å². The van der Waals surface area contributed by atoms with E-state index in [0.717, 1.165) is 17.6 Å². The first-order valence-electron chi connectivity index (χ1n) is 6.20. The molecule has 3 nitrogen and oxygen atoms in total. The Morgan fingerprint density at radius 2 is 2.00 bits per heavy atom. The van der Waals surface area contributed by atoms with Gasteiger partial charge in [-0.2, -0.15) is 13.2 Å². The molecular formula is C14H16F3N3. The van der Waals surface area contributed by atoms with Crippen molar-refractivity contribution in [1.82, 2.24) is 14.9 Å². The summed E-state index contributed by atoms with van der Waals surface area (Å²) in [6.45, 7) is 2.90. The molecule has 0 amide bonds. The summed E-state index contributed by atoms with van der Waals surface area (Å²) in [5.41, 5.74) is 0.982. The second-order valence-electron chi connectivity index (χ2n) is 4.88. The molecule has 0 aliphatic heterocycles. The first kappa shape index (κ1) is 14.6. The van der Waals surface area contributed by atoms with Crippen molar-refractivity contribution < 1.29 is 13.2 Å². The summed E-state index contributed by atoms with van der Waals surface area (Å²) in [6.07, 6.45) is -2.57. The predicted molar refractivity (Wildman–Crippen MR) is 69.9 cm³/mol. The highest BCUT2D eigenvalue weighted by Gasteiger charge is 2.30. The minimum absolute atomic E-state index is 0.434. The Bertz CT molecular complexity index is 575. The lowest BCUT2D eigenvalue weighted by molar-refractivity contribution is -0.137. The van der Waals surface area contributed by atoms with E-state index in [9.17, 15) is 13.2 Å². The van der Waals surface area contributed by atoms with Crippen LogP contribution in [0.3, 0.4) is 0 Å². The third-order valence-corrected chi connectivity index (χ3v) is 2.88. The molecule has 1 heterocycles. The molecule has 0 saturated carbocycles. The molecule has 0 aliphatic rings. The molecule has 0 spiro atoms. The number of nitrogens with one attached hydrogen (secondary N) is 1. The molecular weight excluding hydrogens is 267 g/mol. The number of rotatable bonds is 4. The van der Waals surface area contributed by atoms with Gasteiger partial charge in [-0.3, -0.25) is 4.90 Å². The SMILES string of the molecule is Cc1cnc(CN(C)Cc2cccc(C(F)(F)F)c2)[nH]1. The molecule has 1 aromatic heterocycles. The van der Waals surface area contributed by atoms with Crippen molar-refractivity contribution in [3.05, 3.63) is 53.1 Å². The summed E-state index contributed by atoms with van der Waals surface area (Å²) in [6, 6.07) is 5.39. The van der Waals surface area contributed by atoms with Crippen LogP contribution in [0.5, 0.6) is 0 Å². The Balaban J connectivity index is 2.02. The molecule has 0 fully saturated rings. The van der Waals surface area contributed by atoms with E-state index < -0.39 is 11.7 Å². The Hall–Kier alpha value is -1.82. The smallest absolute Gasteiger partial charge is 0.345 e. The molecule has 0 radical (unpaired) electrons. The zero-order chi connectivity index (χ0) is 14.8. The van der Waals surface area contributed by atoms with Gasteiger partial charge in [-0.15, -0.1) is 0 Å². The molecule has 108 valence electrons. The van der Waals surface area contributed by atoms with E-state index in [1.54, 1.807) is 12.3 Å². The third kappa shape index (κ3) is 3.84. The van der Waals surface area contributed by atoms with E-state index in [0.29, 0.717) is 18.7 Å². The predicted octanol–water partition coefficient (Wildman–Crippen LogP) is 3.37. The van der Waals surface area contributed by atoms with Crippen molar-refractivity contribution in [2.24, 2.45) is 0 Å². The second-order valence-corrected chi connectivity index (χ2v) is 4.88. The Kier molecular flexibility index (Phi) is 4.13. The van der Waals surface area contributed by atoms with Crippen molar-refractivity contribution in [2.75, 3.05) is 7.05 Å². The fourth-order valence-corrected chi connectivity index (χ4v) is 2.02. The van der Waals surface area contributed by atoms with Crippen molar-refractivity contribution >= 4 is 0 Å². The van der Waals surface area contributed by atoms with Gasteiger partial charge in [-0.1, -0.05) is 18.2 Å². The van der Waals surface area contributed by atoms with Crippen molar-refractivity contribution in [2.45, 2.75) is 26.2 Å². The fourth-order valence-electron chi connectivity index (χ4n) is 2.02. The van der Waals surface area contributed by atoms with Crippen LogP contribution < -0.4 is 0 Å². The maximum absolute atomic E-state index is 12.6. The molecule has 20 heavy (non-hydrogen) atoms. The van der Waals surface area contributed by atoms with Gasteiger partial charge in [-0.25, -0.2) is 4.98 Å². The normalized spacial score (nSPS) is 12.1. The van der Waals surface area contributed by atoms with Crippen molar-refractivity contribution in [3.8, 4) is 0 Å². The Morgan fingerprint density at radius 1 is 1.25 bits per heavy atom. The van der Waals surface area contributed by atoms with E-state index in [1.807, 2.05) is 18.9 Å². The van der Waals surface area contributed by atoms with Crippen LogP contribution >= 0.6 is 0 Å². The van der Waals surface area contributed by atoms with Crippen LogP contribution in [0.4, 0.5) is 13.2 Å². The van der Waals surface area contributed by atoms with E-state index in [2.05, 4.69) is 9.97 Å². The maximum atomic E-state index is 12.6. The van der Waals surface area contributed by atoms with Gasteiger partial charge >= 0.3 is 6.18 Å². The fraction of sp³-hybridized carbons (Fsp3) is 0.357. The largest absolute Gasteiger partial charge is 0.416 e. The van der Waals surface area contributed by atoms with E-state index in [1.165, 1.54) is 12.1 Å². The summed E-state index contributed by atoms with van der Waals surface area (Å²) in [4.78, 5) is 9.18. The number of hydrogen-bond acceptors (Lipinski definition) is 2. The van der Waals surface area contributed by atoms with Crippen LogP contribution in [0.25, 0.3) is 0 Å². The molecule has 0 aliphatic carbocycles. The van der Waals surface area contributed by atoms with Gasteiger partial charge in [0.25, 0.3) is 0 Å². The number of aromatic nitrogens is 2. The molecule has 2 aromatic rings. The number of imidazole rings is 1. The van der Waals surface area contributed by atoms with Crippen LogP contribution in [0, 0.1) is 6.92 Å². The summed E-state index contributed by atoms with van der Waals surface area (Å²) in [7, 11) is 1.85. The molecule has 1 N–H and O–H groups in total. The van der Waals surface area contributed by atoms with Gasteiger partial charge in [0.05, 0.1) is 12.1 Å². The van der Waals surface area contributed by atoms with Crippen LogP contribution in [0.1, 0.15) is 22.6 Å². The number of nitrogens with zero attached hydrogens (tertiary/aromatic N) is 2. The first-order valence-corrected chi connectivity index (χ1v) is 6.20. The standard InChI is InChI=1S/C14H16F3N3/c1-10-7-18-13(19-10)9-20(2)8-11-4-3-5-12(6-11)14(15,16)17/h3-7H,8-9H2,1-2H3,(H,18,19). The van der Waals surface area contributed by atoms with E-state index in [-0.39, 0.29) is 0 Å². The summed E-state index contributed by atoms with van der Waals surface area (Å²) < 4.78 is 37.9. The zero-order valence-corrected chi connectivity index (χ0v) is 11.3. The molecule has 0 atom stereocenters. The van der Waals surface area contributed by atoms with E-state index in [4.69, 9.17) is 0 Å². The second kappa shape index (κ2) is 5.66. The number of hydrogen-bond donors (Lipinski definition) is 1. The first-order chi connectivity index (χ1) is 9.34. The summed E-state index contributed by atoms with van der Waals surface area (Å²) in [5.74, 6) is 0.803. The Labute approximate surface area is 115 Å².